The Labute approximate surface area is 121 Å². The average Bonchev–Trinajstić information content (AvgIpc) is 2.80. The molecular weight excluding hydrogens is 280 g/mol. The summed E-state index contributed by atoms with van der Waals surface area (Å²) in [6.07, 6.45) is 4.58. The molecule has 0 aliphatic rings. The van der Waals surface area contributed by atoms with Crippen LogP contribution in [0.4, 0.5) is 5.69 Å². The van der Waals surface area contributed by atoms with E-state index in [4.69, 9.17) is 11.6 Å². The van der Waals surface area contributed by atoms with Crippen LogP contribution in [0.5, 0.6) is 0 Å². The Morgan fingerprint density at radius 1 is 1.50 bits per heavy atom. The van der Waals surface area contributed by atoms with Gasteiger partial charge in [-0.2, -0.15) is 5.10 Å². The Bertz CT molecular complexity index is 612. The van der Waals surface area contributed by atoms with Gasteiger partial charge in [0.15, 0.2) is 0 Å². The van der Waals surface area contributed by atoms with Crippen LogP contribution in [0.15, 0.2) is 30.6 Å². The summed E-state index contributed by atoms with van der Waals surface area (Å²) in [6, 6.07) is 4.58. The molecule has 106 valence electrons. The number of nitro groups is 1. The van der Waals surface area contributed by atoms with E-state index in [0.717, 1.165) is 18.5 Å². The minimum Gasteiger partial charge on any atom is -0.312 e. The number of aromatic nitrogens is 2. The lowest BCUT2D eigenvalue weighted by atomic mass is 10.1. The van der Waals surface area contributed by atoms with Crippen LogP contribution in [-0.4, -0.2) is 21.2 Å². The Morgan fingerprint density at radius 3 is 2.95 bits per heavy atom. The van der Waals surface area contributed by atoms with Crippen LogP contribution in [0.25, 0.3) is 0 Å². The van der Waals surface area contributed by atoms with Crippen molar-refractivity contribution >= 4 is 17.3 Å². The van der Waals surface area contributed by atoms with E-state index in [0.29, 0.717) is 17.1 Å². The van der Waals surface area contributed by atoms with Crippen LogP contribution >= 0.6 is 11.6 Å². The molecule has 0 amide bonds. The summed E-state index contributed by atoms with van der Waals surface area (Å²) in [5.41, 5.74) is 1.80. The van der Waals surface area contributed by atoms with E-state index in [-0.39, 0.29) is 5.69 Å². The minimum atomic E-state index is -0.394. The molecule has 1 heterocycles. The standard InChI is InChI=1S/C13H15ClN4O2/c1-17-9-10(7-16-17)4-5-15-8-11-6-12(14)2-3-13(11)18(19)20/h2-3,6-7,9,15H,4-5,8H2,1H3. The molecule has 1 aromatic heterocycles. The van der Waals surface area contributed by atoms with Crippen molar-refractivity contribution in [2.75, 3.05) is 6.54 Å². The Balaban J connectivity index is 1.90. The highest BCUT2D eigenvalue weighted by atomic mass is 35.5. The van der Waals surface area contributed by atoms with Gasteiger partial charge in [-0.3, -0.25) is 14.8 Å². The predicted molar refractivity (Wildman–Crippen MR) is 76.7 cm³/mol. The smallest absolute Gasteiger partial charge is 0.273 e. The zero-order valence-corrected chi connectivity index (χ0v) is 11.8. The van der Waals surface area contributed by atoms with Crippen LogP contribution in [0.3, 0.4) is 0 Å². The molecule has 1 N–H and O–H groups in total. The molecular formula is C13H15ClN4O2. The average molecular weight is 295 g/mol. The molecule has 0 aliphatic heterocycles. The van der Waals surface area contributed by atoms with Crippen molar-refractivity contribution < 1.29 is 4.92 Å². The van der Waals surface area contributed by atoms with Crippen molar-refractivity contribution in [2.24, 2.45) is 7.05 Å². The van der Waals surface area contributed by atoms with Crippen LogP contribution in [0, 0.1) is 10.1 Å². The molecule has 2 rings (SSSR count). The van der Waals surface area contributed by atoms with Gasteiger partial charge in [0.2, 0.25) is 0 Å². The molecule has 0 fully saturated rings. The molecule has 0 radical (unpaired) electrons. The van der Waals surface area contributed by atoms with E-state index in [1.54, 1.807) is 10.7 Å². The number of aryl methyl sites for hydroxylation is 1. The fourth-order valence-corrected chi connectivity index (χ4v) is 2.13. The number of nitrogens with zero attached hydrogens (tertiary/aromatic N) is 3. The molecule has 0 saturated carbocycles. The molecule has 2 aromatic rings. The zero-order valence-electron chi connectivity index (χ0n) is 11.0. The first-order valence-electron chi connectivity index (χ1n) is 6.17. The molecule has 0 spiro atoms. The third kappa shape index (κ3) is 3.79. The summed E-state index contributed by atoms with van der Waals surface area (Å²) in [5.74, 6) is 0. The fraction of sp³-hybridized carbons (Fsp3) is 0.308. The van der Waals surface area contributed by atoms with Gasteiger partial charge in [-0.1, -0.05) is 11.6 Å². The number of halogens is 1. The summed E-state index contributed by atoms with van der Waals surface area (Å²) < 4.78 is 1.75. The molecule has 0 saturated heterocycles. The first-order chi connectivity index (χ1) is 9.56. The maximum Gasteiger partial charge on any atom is 0.273 e. The monoisotopic (exact) mass is 294 g/mol. The molecule has 0 atom stereocenters. The summed E-state index contributed by atoms with van der Waals surface area (Å²) in [5, 5.41) is 18.7. The summed E-state index contributed by atoms with van der Waals surface area (Å²) in [4.78, 5) is 10.5. The lowest BCUT2D eigenvalue weighted by molar-refractivity contribution is -0.385. The van der Waals surface area contributed by atoms with Crippen LogP contribution in [-0.2, 0) is 20.0 Å². The second kappa shape index (κ2) is 6.49. The number of nitrogens with one attached hydrogen (secondary N) is 1. The summed E-state index contributed by atoms with van der Waals surface area (Å²) in [6.45, 7) is 1.13. The number of hydrogen-bond donors (Lipinski definition) is 1. The van der Waals surface area contributed by atoms with E-state index in [1.807, 2.05) is 19.4 Å². The van der Waals surface area contributed by atoms with Gasteiger partial charge in [0.05, 0.1) is 11.1 Å². The first kappa shape index (κ1) is 14.5. The Hall–Kier alpha value is -1.92. The highest BCUT2D eigenvalue weighted by Gasteiger charge is 2.13. The van der Waals surface area contributed by atoms with E-state index < -0.39 is 4.92 Å². The number of hydrogen-bond acceptors (Lipinski definition) is 4. The van der Waals surface area contributed by atoms with E-state index in [2.05, 4.69) is 10.4 Å². The maximum absolute atomic E-state index is 10.9. The summed E-state index contributed by atoms with van der Waals surface area (Å²) in [7, 11) is 1.87. The van der Waals surface area contributed by atoms with Gasteiger partial charge >= 0.3 is 0 Å². The van der Waals surface area contributed by atoms with Crippen molar-refractivity contribution in [1.29, 1.82) is 0 Å². The van der Waals surface area contributed by atoms with Crippen molar-refractivity contribution in [3.05, 3.63) is 56.9 Å². The zero-order chi connectivity index (χ0) is 14.5. The van der Waals surface area contributed by atoms with Gasteiger partial charge in [0, 0.05) is 36.4 Å². The third-order valence-corrected chi connectivity index (χ3v) is 3.14. The van der Waals surface area contributed by atoms with Crippen molar-refractivity contribution in [3.8, 4) is 0 Å². The fourth-order valence-electron chi connectivity index (χ4n) is 1.93. The third-order valence-electron chi connectivity index (χ3n) is 2.90. The molecule has 6 nitrogen and oxygen atoms in total. The maximum atomic E-state index is 10.9. The van der Waals surface area contributed by atoms with Crippen molar-refractivity contribution in [1.82, 2.24) is 15.1 Å². The van der Waals surface area contributed by atoms with Gasteiger partial charge in [-0.05, 0) is 30.7 Å². The van der Waals surface area contributed by atoms with Crippen LogP contribution in [0.1, 0.15) is 11.1 Å². The van der Waals surface area contributed by atoms with Gasteiger partial charge in [-0.15, -0.1) is 0 Å². The lowest BCUT2D eigenvalue weighted by Crippen LogP contribution is -2.17. The lowest BCUT2D eigenvalue weighted by Gasteiger charge is -2.05. The van der Waals surface area contributed by atoms with Gasteiger partial charge < -0.3 is 5.32 Å². The second-order valence-electron chi connectivity index (χ2n) is 4.48. The quantitative estimate of drug-likeness (QED) is 0.504. The second-order valence-corrected chi connectivity index (χ2v) is 4.92. The highest BCUT2D eigenvalue weighted by Crippen LogP contribution is 2.22. The van der Waals surface area contributed by atoms with Crippen molar-refractivity contribution in [2.45, 2.75) is 13.0 Å². The van der Waals surface area contributed by atoms with Crippen molar-refractivity contribution in [3.63, 3.8) is 0 Å². The van der Waals surface area contributed by atoms with Crippen LogP contribution in [0.2, 0.25) is 5.02 Å². The number of nitro benzene ring substituents is 1. The highest BCUT2D eigenvalue weighted by molar-refractivity contribution is 6.30. The van der Waals surface area contributed by atoms with E-state index >= 15 is 0 Å². The Kier molecular flexibility index (Phi) is 4.70. The molecule has 0 aliphatic carbocycles. The first-order valence-corrected chi connectivity index (χ1v) is 6.55. The van der Waals surface area contributed by atoms with E-state index in [1.165, 1.54) is 12.1 Å². The molecule has 20 heavy (non-hydrogen) atoms. The number of benzene rings is 1. The largest absolute Gasteiger partial charge is 0.312 e. The molecule has 7 heteroatoms. The topological polar surface area (TPSA) is 73.0 Å². The molecule has 0 unspecified atom stereocenters. The Morgan fingerprint density at radius 2 is 2.30 bits per heavy atom. The van der Waals surface area contributed by atoms with Gasteiger partial charge in [0.25, 0.3) is 5.69 Å². The van der Waals surface area contributed by atoms with E-state index in [9.17, 15) is 10.1 Å². The number of rotatable bonds is 6. The van der Waals surface area contributed by atoms with Crippen LogP contribution < -0.4 is 5.32 Å². The SMILES string of the molecule is Cn1cc(CCNCc2cc(Cl)ccc2[N+](=O)[O-])cn1. The summed E-state index contributed by atoms with van der Waals surface area (Å²) >= 11 is 5.87. The van der Waals surface area contributed by atoms with Gasteiger partial charge in [0.1, 0.15) is 0 Å². The predicted octanol–water partition coefficient (Wildman–Crippen LogP) is 2.31. The van der Waals surface area contributed by atoms with Gasteiger partial charge in [-0.25, -0.2) is 0 Å². The normalized spacial score (nSPS) is 10.7. The minimum absolute atomic E-state index is 0.0864. The molecule has 1 aromatic carbocycles. The molecule has 0 bridgehead atoms.